The molecule has 6 atom stereocenters. The summed E-state index contributed by atoms with van der Waals surface area (Å²) in [5.41, 5.74) is 1.66. The monoisotopic (exact) mass is 476 g/mol. The summed E-state index contributed by atoms with van der Waals surface area (Å²) in [4.78, 5) is 12.8. The molecule has 9 heteroatoms. The van der Waals surface area contributed by atoms with Crippen molar-refractivity contribution in [2.45, 2.75) is 62.3 Å². The average Bonchev–Trinajstić information content (AvgIpc) is 2.83. The van der Waals surface area contributed by atoms with Crippen molar-refractivity contribution in [1.29, 1.82) is 0 Å². The minimum Gasteiger partial charge on any atom is -0.508 e. The molecule has 0 amide bonds. The van der Waals surface area contributed by atoms with Gasteiger partial charge in [-0.2, -0.15) is 0 Å². The molecule has 7 N–H and O–H groups in total. The first-order valence-electron chi connectivity index (χ1n) is 11.3. The molecule has 0 aliphatic carbocycles. The first kappa shape index (κ1) is 26.1. The zero-order chi connectivity index (χ0) is 24.9. The molecule has 1 unspecified atom stereocenters. The highest BCUT2D eigenvalue weighted by molar-refractivity contribution is 5.79. The Bertz CT molecular complexity index is 928. The number of Topliss-reactive ketones (excluding diaryl/α,β-unsaturated/α-hetero) is 1. The van der Waals surface area contributed by atoms with E-state index in [1.165, 1.54) is 24.3 Å². The number of hydrogen-bond donors (Lipinski definition) is 7. The second-order valence-electron chi connectivity index (χ2n) is 8.83. The Hall–Kier alpha value is -2.53. The molecule has 2 aromatic rings. The number of rotatable bonds is 10. The maximum atomic E-state index is 12.8. The van der Waals surface area contributed by atoms with Crippen molar-refractivity contribution in [3.63, 3.8) is 0 Å². The van der Waals surface area contributed by atoms with Gasteiger partial charge in [0.2, 0.25) is 0 Å². The molecule has 9 nitrogen and oxygen atoms in total. The number of aryl methyl sites for hydroxylation is 2. The van der Waals surface area contributed by atoms with Crippen LogP contribution in [-0.2, 0) is 22.4 Å². The fourth-order valence-electron chi connectivity index (χ4n) is 4.30. The molecule has 0 spiro atoms. The lowest BCUT2D eigenvalue weighted by molar-refractivity contribution is -0.368. The topological polar surface area (TPSA) is 168 Å². The first-order valence-corrected chi connectivity index (χ1v) is 11.3. The quantitative estimate of drug-likeness (QED) is 0.257. The molecule has 2 aromatic carbocycles. The summed E-state index contributed by atoms with van der Waals surface area (Å²) in [6.07, 6.45) is -5.70. The van der Waals surface area contributed by atoms with Crippen molar-refractivity contribution in [3.8, 4) is 11.5 Å². The van der Waals surface area contributed by atoms with E-state index in [0.717, 1.165) is 11.1 Å². The molecule has 0 bridgehead atoms. The van der Waals surface area contributed by atoms with E-state index in [1.54, 1.807) is 24.3 Å². The fourth-order valence-corrected chi connectivity index (χ4v) is 4.30. The van der Waals surface area contributed by atoms with Crippen LogP contribution < -0.4 is 0 Å². The van der Waals surface area contributed by atoms with E-state index < -0.39 is 42.7 Å². The number of benzene rings is 2. The van der Waals surface area contributed by atoms with Gasteiger partial charge in [-0.15, -0.1) is 0 Å². The van der Waals surface area contributed by atoms with Crippen molar-refractivity contribution in [2.75, 3.05) is 6.61 Å². The van der Waals surface area contributed by atoms with E-state index in [9.17, 15) is 40.5 Å². The highest BCUT2D eigenvalue weighted by atomic mass is 16.7. The Morgan fingerprint density at radius 3 is 1.94 bits per heavy atom. The lowest BCUT2D eigenvalue weighted by Crippen LogP contribution is -2.67. The lowest BCUT2D eigenvalue weighted by Gasteiger charge is -2.49. The Balaban J connectivity index is 1.76. The summed E-state index contributed by atoms with van der Waals surface area (Å²) >= 11 is 0. The van der Waals surface area contributed by atoms with E-state index in [2.05, 4.69) is 0 Å². The Kier molecular flexibility index (Phi) is 8.64. The molecule has 1 aliphatic rings. The number of aromatic hydroxyl groups is 2. The van der Waals surface area contributed by atoms with E-state index in [4.69, 9.17) is 4.74 Å². The molecule has 1 fully saturated rings. The number of phenolic OH excluding ortho intramolecular Hbond substituents is 2. The van der Waals surface area contributed by atoms with Gasteiger partial charge in [-0.1, -0.05) is 24.3 Å². The number of hydrogen-bond acceptors (Lipinski definition) is 9. The number of aliphatic hydroxyl groups is 5. The third-order valence-corrected chi connectivity index (χ3v) is 6.40. The van der Waals surface area contributed by atoms with E-state index in [1.807, 2.05) is 0 Å². The van der Waals surface area contributed by atoms with Gasteiger partial charge in [0.1, 0.15) is 41.7 Å². The largest absolute Gasteiger partial charge is 0.508 e. The molecule has 3 rings (SSSR count). The number of carbonyl (C=O) groups excluding carboxylic acids is 1. The number of carbonyl (C=O) groups is 1. The van der Waals surface area contributed by atoms with Crippen LogP contribution in [0, 0.1) is 5.92 Å². The van der Waals surface area contributed by atoms with Crippen molar-refractivity contribution >= 4 is 5.78 Å². The first-order chi connectivity index (χ1) is 16.1. The molecule has 186 valence electrons. The molecular weight excluding hydrogens is 444 g/mol. The predicted molar refractivity (Wildman–Crippen MR) is 121 cm³/mol. The van der Waals surface area contributed by atoms with Crippen molar-refractivity contribution in [3.05, 3.63) is 59.7 Å². The third kappa shape index (κ3) is 6.12. The summed E-state index contributed by atoms with van der Waals surface area (Å²) in [5.74, 6) is -3.34. The summed E-state index contributed by atoms with van der Waals surface area (Å²) in [6, 6.07) is 12.9. The van der Waals surface area contributed by atoms with Crippen molar-refractivity contribution in [2.24, 2.45) is 5.92 Å². The van der Waals surface area contributed by atoms with Crippen LogP contribution in [0.25, 0.3) is 0 Å². The number of aliphatic hydroxyl groups excluding tert-OH is 4. The smallest absolute Gasteiger partial charge is 0.198 e. The van der Waals surface area contributed by atoms with Gasteiger partial charge in [-0.3, -0.25) is 4.79 Å². The second kappa shape index (κ2) is 11.3. The molecular formula is C25H32O9. The molecule has 1 aliphatic heterocycles. The summed E-state index contributed by atoms with van der Waals surface area (Å²) in [6.45, 7) is -0.702. The van der Waals surface area contributed by atoms with Gasteiger partial charge < -0.3 is 40.5 Å². The standard InChI is InChI=1S/C25H32O9/c26-14-21-22(30)23(31)24(32)25(33,34-21)17(7-1-15-2-8-18(27)9-3-15)13-20(29)12-6-16-4-10-19(28)11-5-16/h2-5,8-11,17,21-24,26-28,30-33H,1,6-7,12-14H2/t17?,21-,22-,23+,24-,25-/m1/s1. The highest BCUT2D eigenvalue weighted by Gasteiger charge is 2.56. The van der Waals surface area contributed by atoms with E-state index >= 15 is 0 Å². The van der Waals surface area contributed by atoms with Crippen LogP contribution in [0.1, 0.15) is 30.4 Å². The Morgan fingerprint density at radius 2 is 1.41 bits per heavy atom. The van der Waals surface area contributed by atoms with Crippen LogP contribution >= 0.6 is 0 Å². The fraction of sp³-hybridized carbons (Fsp3) is 0.480. The maximum Gasteiger partial charge on any atom is 0.198 e. The van der Waals surface area contributed by atoms with Crippen molar-refractivity contribution in [1.82, 2.24) is 0 Å². The Morgan fingerprint density at radius 1 is 0.882 bits per heavy atom. The van der Waals surface area contributed by atoms with Gasteiger partial charge in [0.05, 0.1) is 6.61 Å². The normalized spacial score (nSPS) is 27.9. The van der Waals surface area contributed by atoms with Gasteiger partial charge in [0, 0.05) is 18.8 Å². The molecule has 0 radical (unpaired) electrons. The minimum absolute atomic E-state index is 0.0947. The molecule has 0 saturated carbocycles. The zero-order valence-electron chi connectivity index (χ0n) is 18.7. The second-order valence-corrected chi connectivity index (χ2v) is 8.83. The maximum absolute atomic E-state index is 12.8. The summed E-state index contributed by atoms with van der Waals surface area (Å²) in [5, 5.41) is 70.6. The summed E-state index contributed by atoms with van der Waals surface area (Å²) in [7, 11) is 0. The zero-order valence-corrected chi connectivity index (χ0v) is 18.7. The lowest BCUT2D eigenvalue weighted by atomic mass is 9.79. The van der Waals surface area contributed by atoms with Crippen LogP contribution in [0.2, 0.25) is 0 Å². The van der Waals surface area contributed by atoms with Gasteiger partial charge in [0.25, 0.3) is 0 Å². The van der Waals surface area contributed by atoms with Gasteiger partial charge in [0.15, 0.2) is 5.79 Å². The molecule has 1 saturated heterocycles. The number of phenols is 2. The highest BCUT2D eigenvalue weighted by Crippen LogP contribution is 2.38. The molecule has 0 aromatic heterocycles. The number of ether oxygens (including phenoxy) is 1. The minimum atomic E-state index is -2.38. The van der Waals surface area contributed by atoms with Gasteiger partial charge in [-0.25, -0.2) is 0 Å². The average molecular weight is 477 g/mol. The molecule has 1 heterocycles. The molecule has 34 heavy (non-hydrogen) atoms. The van der Waals surface area contributed by atoms with Crippen LogP contribution in [0.15, 0.2) is 48.5 Å². The van der Waals surface area contributed by atoms with Gasteiger partial charge >= 0.3 is 0 Å². The van der Waals surface area contributed by atoms with Crippen LogP contribution in [0.3, 0.4) is 0 Å². The predicted octanol–water partition coefficient (Wildman–Crippen LogP) is 0.401. The van der Waals surface area contributed by atoms with E-state index in [0.29, 0.717) is 12.8 Å². The van der Waals surface area contributed by atoms with Crippen molar-refractivity contribution < 1.29 is 45.3 Å². The van der Waals surface area contributed by atoms with Crippen LogP contribution in [-0.4, -0.2) is 78.3 Å². The SMILES string of the molecule is O=C(CCc1ccc(O)cc1)CC(CCc1ccc(O)cc1)[C@@]1(O)O[C@H](CO)[C@@H](O)[C@H](O)[C@H]1O. The summed E-state index contributed by atoms with van der Waals surface area (Å²) < 4.78 is 5.49. The van der Waals surface area contributed by atoms with Crippen LogP contribution in [0.4, 0.5) is 0 Å². The van der Waals surface area contributed by atoms with Gasteiger partial charge in [-0.05, 0) is 54.7 Å². The number of ketones is 1. The Labute approximate surface area is 197 Å². The van der Waals surface area contributed by atoms with Crippen LogP contribution in [0.5, 0.6) is 11.5 Å². The third-order valence-electron chi connectivity index (χ3n) is 6.40. The van der Waals surface area contributed by atoms with E-state index in [-0.39, 0.29) is 36.5 Å².